The van der Waals surface area contributed by atoms with Crippen molar-refractivity contribution in [3.63, 3.8) is 0 Å². The summed E-state index contributed by atoms with van der Waals surface area (Å²) < 4.78 is 0. The van der Waals surface area contributed by atoms with Gasteiger partial charge in [-0.15, -0.1) is 0 Å². The summed E-state index contributed by atoms with van der Waals surface area (Å²) in [4.78, 5) is 11.6. The van der Waals surface area contributed by atoms with Crippen LogP contribution in [0.3, 0.4) is 0 Å². The molecular weight excluding hydrogens is 318 g/mol. The Balaban J connectivity index is 1.51. The fourth-order valence-electron chi connectivity index (χ4n) is 3.41. The lowest BCUT2D eigenvalue weighted by Crippen LogP contribution is -2.12. The Labute approximate surface area is 153 Å². The van der Waals surface area contributed by atoms with E-state index in [0.717, 1.165) is 29.4 Å². The Morgan fingerprint density at radius 2 is 1.58 bits per heavy atom. The van der Waals surface area contributed by atoms with Crippen LogP contribution in [-0.2, 0) is 13.1 Å². The SMILES string of the molecule is CC(=O)c1ccc2ccc(CNCc3cccc4ccccc34)cc2c1. The predicted molar refractivity (Wildman–Crippen MR) is 108 cm³/mol. The van der Waals surface area contributed by atoms with Gasteiger partial charge in [-0.1, -0.05) is 66.7 Å². The van der Waals surface area contributed by atoms with Crippen molar-refractivity contribution in [1.29, 1.82) is 0 Å². The molecule has 0 aromatic heterocycles. The minimum Gasteiger partial charge on any atom is -0.309 e. The lowest BCUT2D eigenvalue weighted by Gasteiger charge is -2.09. The second-order valence-corrected chi connectivity index (χ2v) is 6.69. The minimum atomic E-state index is 0.103. The average molecular weight is 339 g/mol. The summed E-state index contributed by atoms with van der Waals surface area (Å²) in [6, 6.07) is 27.2. The number of ketones is 1. The molecule has 1 N–H and O–H groups in total. The van der Waals surface area contributed by atoms with Crippen LogP contribution >= 0.6 is 0 Å². The average Bonchev–Trinajstić information content (AvgIpc) is 2.67. The molecule has 2 heteroatoms. The van der Waals surface area contributed by atoms with Gasteiger partial charge in [-0.25, -0.2) is 0 Å². The lowest BCUT2D eigenvalue weighted by atomic mass is 10.0. The zero-order chi connectivity index (χ0) is 17.9. The van der Waals surface area contributed by atoms with Crippen LogP contribution in [0.4, 0.5) is 0 Å². The monoisotopic (exact) mass is 339 g/mol. The molecule has 4 aromatic rings. The van der Waals surface area contributed by atoms with Crippen molar-refractivity contribution < 1.29 is 4.79 Å². The van der Waals surface area contributed by atoms with Crippen molar-refractivity contribution in [3.8, 4) is 0 Å². The van der Waals surface area contributed by atoms with Gasteiger partial charge in [0.15, 0.2) is 5.78 Å². The number of hydrogen-bond acceptors (Lipinski definition) is 2. The van der Waals surface area contributed by atoms with E-state index in [1.807, 2.05) is 18.2 Å². The maximum Gasteiger partial charge on any atom is 0.159 e. The first-order chi connectivity index (χ1) is 12.7. The second-order valence-electron chi connectivity index (χ2n) is 6.69. The van der Waals surface area contributed by atoms with Gasteiger partial charge in [0.05, 0.1) is 0 Å². The number of carbonyl (C=O) groups is 1. The van der Waals surface area contributed by atoms with Crippen molar-refractivity contribution in [2.24, 2.45) is 0 Å². The maximum atomic E-state index is 11.6. The Kier molecular flexibility index (Phi) is 4.51. The minimum absolute atomic E-state index is 0.103. The summed E-state index contributed by atoms with van der Waals surface area (Å²) in [6.45, 7) is 3.23. The molecular formula is C24H21NO. The Bertz CT molecular complexity index is 1090. The number of benzene rings is 4. The summed E-state index contributed by atoms with van der Waals surface area (Å²) in [5.41, 5.74) is 3.29. The summed E-state index contributed by atoms with van der Waals surface area (Å²) >= 11 is 0. The molecule has 0 atom stereocenters. The van der Waals surface area contributed by atoms with Crippen molar-refractivity contribution in [2.75, 3.05) is 0 Å². The number of hydrogen-bond donors (Lipinski definition) is 1. The van der Waals surface area contributed by atoms with Crippen LogP contribution in [0.1, 0.15) is 28.4 Å². The summed E-state index contributed by atoms with van der Waals surface area (Å²) in [5.74, 6) is 0.103. The Morgan fingerprint density at radius 1 is 0.769 bits per heavy atom. The lowest BCUT2D eigenvalue weighted by molar-refractivity contribution is 0.101. The van der Waals surface area contributed by atoms with Gasteiger partial charge >= 0.3 is 0 Å². The molecule has 26 heavy (non-hydrogen) atoms. The van der Waals surface area contributed by atoms with Crippen LogP contribution in [-0.4, -0.2) is 5.78 Å². The van der Waals surface area contributed by atoms with Crippen LogP contribution in [0.25, 0.3) is 21.5 Å². The molecule has 0 aliphatic rings. The van der Waals surface area contributed by atoms with Gasteiger partial charge in [0.25, 0.3) is 0 Å². The third-order valence-electron chi connectivity index (χ3n) is 4.84. The van der Waals surface area contributed by atoms with Gasteiger partial charge in [-0.3, -0.25) is 4.79 Å². The Morgan fingerprint density at radius 3 is 2.46 bits per heavy atom. The zero-order valence-corrected chi connectivity index (χ0v) is 14.8. The standard InChI is InChI=1S/C24H21NO/c1-17(26)21-12-11-19-10-9-18(13-23(19)14-21)15-25-16-22-7-4-6-20-5-2-3-8-24(20)22/h2-14,25H,15-16H2,1H3. The third kappa shape index (κ3) is 3.37. The van der Waals surface area contributed by atoms with E-state index < -0.39 is 0 Å². The molecule has 0 spiro atoms. The quantitative estimate of drug-likeness (QED) is 0.487. The molecule has 0 saturated carbocycles. The summed E-state index contributed by atoms with van der Waals surface area (Å²) in [6.07, 6.45) is 0. The van der Waals surface area contributed by atoms with Crippen molar-refractivity contribution in [3.05, 3.63) is 95.6 Å². The van der Waals surface area contributed by atoms with E-state index in [4.69, 9.17) is 0 Å². The van der Waals surface area contributed by atoms with E-state index in [2.05, 4.69) is 66.0 Å². The molecule has 4 aromatic carbocycles. The molecule has 2 nitrogen and oxygen atoms in total. The first kappa shape index (κ1) is 16.5. The fraction of sp³-hybridized carbons (Fsp3) is 0.125. The van der Waals surface area contributed by atoms with E-state index in [9.17, 15) is 4.79 Å². The van der Waals surface area contributed by atoms with Gasteiger partial charge in [-0.2, -0.15) is 0 Å². The molecule has 0 saturated heterocycles. The second kappa shape index (κ2) is 7.11. The smallest absolute Gasteiger partial charge is 0.159 e. The predicted octanol–water partition coefficient (Wildman–Crippen LogP) is 5.49. The van der Waals surface area contributed by atoms with Crippen LogP contribution in [0.2, 0.25) is 0 Å². The molecule has 0 aliphatic carbocycles. The van der Waals surface area contributed by atoms with Crippen molar-refractivity contribution >= 4 is 27.3 Å². The van der Waals surface area contributed by atoms with E-state index >= 15 is 0 Å². The topological polar surface area (TPSA) is 29.1 Å². The van der Waals surface area contributed by atoms with E-state index in [1.165, 1.54) is 21.9 Å². The van der Waals surface area contributed by atoms with Gasteiger partial charge < -0.3 is 5.32 Å². The maximum absolute atomic E-state index is 11.6. The van der Waals surface area contributed by atoms with Crippen LogP contribution in [0.15, 0.2) is 78.9 Å². The zero-order valence-electron chi connectivity index (χ0n) is 14.8. The molecule has 128 valence electrons. The molecule has 0 radical (unpaired) electrons. The fourth-order valence-corrected chi connectivity index (χ4v) is 3.41. The first-order valence-corrected chi connectivity index (χ1v) is 8.92. The highest BCUT2D eigenvalue weighted by Gasteiger charge is 2.03. The molecule has 0 aliphatic heterocycles. The van der Waals surface area contributed by atoms with Crippen molar-refractivity contribution in [2.45, 2.75) is 20.0 Å². The number of rotatable bonds is 5. The van der Waals surface area contributed by atoms with Gasteiger partial charge in [-0.05, 0) is 51.7 Å². The largest absolute Gasteiger partial charge is 0.309 e. The van der Waals surface area contributed by atoms with Gasteiger partial charge in [0.2, 0.25) is 0 Å². The number of Topliss-reactive ketones (excluding diaryl/α,β-unsaturated/α-hetero) is 1. The Hall–Kier alpha value is -2.97. The third-order valence-corrected chi connectivity index (χ3v) is 4.84. The highest BCUT2D eigenvalue weighted by molar-refractivity contribution is 5.98. The highest BCUT2D eigenvalue weighted by Crippen LogP contribution is 2.20. The number of fused-ring (bicyclic) bond motifs is 2. The van der Waals surface area contributed by atoms with Gasteiger partial charge in [0.1, 0.15) is 0 Å². The van der Waals surface area contributed by atoms with Crippen molar-refractivity contribution in [1.82, 2.24) is 5.32 Å². The number of carbonyl (C=O) groups excluding carboxylic acids is 1. The van der Waals surface area contributed by atoms with E-state index in [0.29, 0.717) is 0 Å². The molecule has 0 unspecified atom stereocenters. The summed E-state index contributed by atoms with van der Waals surface area (Å²) in [7, 11) is 0. The van der Waals surface area contributed by atoms with Gasteiger partial charge in [0, 0.05) is 18.7 Å². The van der Waals surface area contributed by atoms with E-state index in [1.54, 1.807) is 6.92 Å². The van der Waals surface area contributed by atoms with Crippen LogP contribution < -0.4 is 5.32 Å². The van der Waals surface area contributed by atoms with Crippen LogP contribution in [0.5, 0.6) is 0 Å². The number of nitrogens with one attached hydrogen (secondary N) is 1. The van der Waals surface area contributed by atoms with Crippen LogP contribution in [0, 0.1) is 0 Å². The first-order valence-electron chi connectivity index (χ1n) is 8.92. The molecule has 0 heterocycles. The molecule has 4 rings (SSSR count). The highest BCUT2D eigenvalue weighted by atomic mass is 16.1. The summed E-state index contributed by atoms with van der Waals surface area (Å²) in [5, 5.41) is 8.39. The molecule has 0 fully saturated rings. The molecule has 0 bridgehead atoms. The van der Waals surface area contributed by atoms with E-state index in [-0.39, 0.29) is 5.78 Å². The molecule has 0 amide bonds. The normalized spacial score (nSPS) is 11.1.